The normalized spacial score (nSPS) is 13.5. The summed E-state index contributed by atoms with van der Waals surface area (Å²) in [5.41, 5.74) is 1.59. The summed E-state index contributed by atoms with van der Waals surface area (Å²) >= 11 is 0. The van der Waals surface area contributed by atoms with Gasteiger partial charge in [-0.05, 0) is 43.3 Å². The van der Waals surface area contributed by atoms with E-state index in [0.717, 1.165) is 5.56 Å². The monoisotopic (exact) mass is 491 g/mol. The molecule has 1 amide bonds. The molecule has 0 unspecified atom stereocenters. The lowest BCUT2D eigenvalue weighted by Crippen LogP contribution is -2.36. The van der Waals surface area contributed by atoms with Crippen molar-refractivity contribution >= 4 is 11.9 Å². The van der Waals surface area contributed by atoms with Crippen molar-refractivity contribution in [1.29, 1.82) is 0 Å². The van der Waals surface area contributed by atoms with Crippen LogP contribution >= 0.6 is 0 Å². The van der Waals surface area contributed by atoms with Gasteiger partial charge in [0, 0.05) is 36.3 Å². The molecule has 3 heterocycles. The maximum absolute atomic E-state index is 13.1. The van der Waals surface area contributed by atoms with Crippen molar-refractivity contribution in [2.24, 2.45) is 0 Å². The molecule has 11 heteroatoms. The molecule has 0 atom stereocenters. The van der Waals surface area contributed by atoms with Gasteiger partial charge in [-0.2, -0.15) is 18.3 Å². The second kappa shape index (κ2) is 9.85. The smallest absolute Gasteiger partial charge is 0.390 e. The number of ether oxygens (including phenoxy) is 2. The molecule has 4 rings (SSSR count). The third-order valence-electron chi connectivity index (χ3n) is 5.69. The number of methoxy groups -OCH3 is 1. The Morgan fingerprint density at radius 1 is 1.14 bits per heavy atom. The summed E-state index contributed by atoms with van der Waals surface area (Å²) < 4.78 is 55.5. The van der Waals surface area contributed by atoms with E-state index >= 15 is 0 Å². The number of rotatable bonds is 7. The van der Waals surface area contributed by atoms with Gasteiger partial charge in [-0.1, -0.05) is 0 Å². The molecule has 1 aliphatic rings. The summed E-state index contributed by atoms with van der Waals surface area (Å²) in [6.45, 7) is 1.55. The van der Waals surface area contributed by atoms with Crippen LogP contribution in [0.4, 0.5) is 13.2 Å². The molecule has 3 aromatic rings. The number of esters is 1. The van der Waals surface area contributed by atoms with Crippen molar-refractivity contribution in [2.45, 2.75) is 39.0 Å². The van der Waals surface area contributed by atoms with Crippen molar-refractivity contribution in [3.8, 4) is 17.1 Å². The highest BCUT2D eigenvalue weighted by Crippen LogP contribution is 2.29. The summed E-state index contributed by atoms with van der Waals surface area (Å²) in [5.74, 6) is 0.174. The minimum absolute atomic E-state index is 0.00685. The van der Waals surface area contributed by atoms with Crippen LogP contribution in [0.5, 0.6) is 5.75 Å². The molecular weight excluding hydrogens is 467 g/mol. The summed E-state index contributed by atoms with van der Waals surface area (Å²) in [5, 5.41) is 4.11. The van der Waals surface area contributed by atoms with Crippen LogP contribution in [-0.2, 0) is 24.2 Å². The number of carbonyl (C=O) groups is 2. The molecule has 2 aromatic heterocycles. The first-order valence-electron chi connectivity index (χ1n) is 11.1. The number of hydrogen-bond donors (Lipinski definition) is 0. The van der Waals surface area contributed by atoms with Crippen LogP contribution in [0.1, 0.15) is 45.6 Å². The largest absolute Gasteiger partial charge is 0.497 e. The zero-order chi connectivity index (χ0) is 25.2. The van der Waals surface area contributed by atoms with Crippen molar-refractivity contribution in [3.63, 3.8) is 0 Å². The zero-order valence-electron chi connectivity index (χ0n) is 19.2. The van der Waals surface area contributed by atoms with Gasteiger partial charge in [0.15, 0.2) is 11.5 Å². The Bertz CT molecular complexity index is 1210. The van der Waals surface area contributed by atoms with E-state index in [2.05, 4.69) is 5.10 Å². The van der Waals surface area contributed by atoms with Crippen molar-refractivity contribution < 1.29 is 36.7 Å². The number of alkyl halides is 3. The third-order valence-corrected chi connectivity index (χ3v) is 5.69. The predicted octanol–water partition coefficient (Wildman–Crippen LogP) is 4.48. The fourth-order valence-corrected chi connectivity index (χ4v) is 3.96. The molecule has 0 fully saturated rings. The minimum atomic E-state index is -4.36. The highest BCUT2D eigenvalue weighted by atomic mass is 19.4. The van der Waals surface area contributed by atoms with E-state index in [4.69, 9.17) is 13.9 Å². The van der Waals surface area contributed by atoms with Gasteiger partial charge in [-0.3, -0.25) is 9.48 Å². The van der Waals surface area contributed by atoms with Gasteiger partial charge < -0.3 is 18.8 Å². The highest BCUT2D eigenvalue weighted by Gasteiger charge is 2.34. The molecule has 1 aromatic carbocycles. The van der Waals surface area contributed by atoms with Gasteiger partial charge in [0.05, 0.1) is 26.7 Å². The van der Waals surface area contributed by atoms with Gasteiger partial charge >= 0.3 is 12.1 Å². The molecule has 0 N–H and O–H groups in total. The van der Waals surface area contributed by atoms with Gasteiger partial charge in [0.1, 0.15) is 11.5 Å². The summed E-state index contributed by atoms with van der Waals surface area (Å²) in [6.07, 6.45) is -5.19. The molecular formula is C24H24F3N3O5. The average Bonchev–Trinajstić information content (AvgIpc) is 3.47. The van der Waals surface area contributed by atoms with E-state index in [9.17, 15) is 22.8 Å². The molecule has 0 saturated carbocycles. The SMILES string of the molecule is CCOC(=O)c1nn(CCC(F)(F)F)c2c1CN(C(=O)c1ccc(-c3ccc(OC)cc3)o1)CC2. The first kappa shape index (κ1) is 24.4. The van der Waals surface area contributed by atoms with E-state index in [1.54, 1.807) is 50.4 Å². The molecule has 35 heavy (non-hydrogen) atoms. The number of nitrogens with zero attached hydrogens (tertiary/aromatic N) is 3. The van der Waals surface area contributed by atoms with Crippen molar-refractivity contribution in [2.75, 3.05) is 20.3 Å². The van der Waals surface area contributed by atoms with E-state index < -0.39 is 31.0 Å². The summed E-state index contributed by atoms with van der Waals surface area (Å²) in [6, 6.07) is 10.4. The van der Waals surface area contributed by atoms with E-state index in [1.165, 1.54) is 9.58 Å². The van der Waals surface area contributed by atoms with Crippen LogP contribution in [-0.4, -0.2) is 53.0 Å². The standard InChI is InChI=1S/C24H24F3N3O5/c1-3-34-23(32)21-17-14-29(12-10-18(17)30(28-21)13-11-24(25,26)27)22(31)20-9-8-19(35-20)15-4-6-16(33-2)7-5-15/h4-9H,3,10-14H2,1-2H3. The maximum atomic E-state index is 13.1. The highest BCUT2D eigenvalue weighted by molar-refractivity contribution is 5.93. The van der Waals surface area contributed by atoms with Crippen molar-refractivity contribution in [1.82, 2.24) is 14.7 Å². The number of benzene rings is 1. The Labute approximate surface area is 199 Å². The number of furan rings is 1. The summed E-state index contributed by atoms with van der Waals surface area (Å²) in [4.78, 5) is 27.1. The second-order valence-corrected chi connectivity index (χ2v) is 7.95. The van der Waals surface area contributed by atoms with E-state index in [1.807, 2.05) is 0 Å². The average molecular weight is 491 g/mol. The predicted molar refractivity (Wildman–Crippen MR) is 118 cm³/mol. The minimum Gasteiger partial charge on any atom is -0.497 e. The molecule has 8 nitrogen and oxygen atoms in total. The van der Waals surface area contributed by atoms with E-state index in [0.29, 0.717) is 22.8 Å². The van der Waals surface area contributed by atoms with Crippen LogP contribution in [0.25, 0.3) is 11.3 Å². The number of carbonyl (C=O) groups excluding carboxylic acids is 2. The lowest BCUT2D eigenvalue weighted by atomic mass is 10.0. The Balaban J connectivity index is 1.56. The molecule has 186 valence electrons. The lowest BCUT2D eigenvalue weighted by molar-refractivity contribution is -0.137. The topological polar surface area (TPSA) is 86.8 Å². The second-order valence-electron chi connectivity index (χ2n) is 7.95. The molecule has 0 bridgehead atoms. The van der Waals surface area contributed by atoms with Gasteiger partial charge in [-0.25, -0.2) is 4.79 Å². The number of amides is 1. The van der Waals surface area contributed by atoms with Crippen molar-refractivity contribution in [3.05, 3.63) is 59.1 Å². The fourth-order valence-electron chi connectivity index (χ4n) is 3.96. The fraction of sp³-hybridized carbons (Fsp3) is 0.375. The Kier molecular flexibility index (Phi) is 6.86. The number of aryl methyl sites for hydroxylation is 1. The number of aromatic nitrogens is 2. The van der Waals surface area contributed by atoms with Crippen LogP contribution in [0.2, 0.25) is 0 Å². The van der Waals surface area contributed by atoms with Gasteiger partial charge in [0.25, 0.3) is 5.91 Å². The Morgan fingerprint density at radius 3 is 2.54 bits per heavy atom. The first-order chi connectivity index (χ1) is 16.7. The lowest BCUT2D eigenvalue weighted by Gasteiger charge is -2.27. The Morgan fingerprint density at radius 2 is 1.89 bits per heavy atom. The number of fused-ring (bicyclic) bond motifs is 1. The quantitative estimate of drug-likeness (QED) is 0.453. The molecule has 0 saturated heterocycles. The third kappa shape index (κ3) is 5.33. The van der Waals surface area contributed by atoms with Crippen LogP contribution < -0.4 is 4.74 Å². The maximum Gasteiger partial charge on any atom is 0.390 e. The molecule has 0 aliphatic carbocycles. The van der Waals surface area contributed by atoms with E-state index in [-0.39, 0.29) is 37.6 Å². The zero-order valence-corrected chi connectivity index (χ0v) is 19.2. The van der Waals surface area contributed by atoms with Crippen LogP contribution in [0.3, 0.4) is 0 Å². The number of hydrogen-bond acceptors (Lipinski definition) is 6. The molecule has 1 aliphatic heterocycles. The van der Waals surface area contributed by atoms with Gasteiger partial charge in [-0.15, -0.1) is 0 Å². The van der Waals surface area contributed by atoms with Crippen LogP contribution in [0, 0.1) is 0 Å². The van der Waals surface area contributed by atoms with Crippen LogP contribution in [0.15, 0.2) is 40.8 Å². The first-order valence-corrected chi connectivity index (χ1v) is 11.1. The molecule has 0 spiro atoms. The summed E-state index contributed by atoms with van der Waals surface area (Å²) in [7, 11) is 1.57. The number of halogens is 3. The molecule has 0 radical (unpaired) electrons. The van der Waals surface area contributed by atoms with Gasteiger partial charge in [0.2, 0.25) is 0 Å². The Hall–Kier alpha value is -3.76.